The highest BCUT2D eigenvalue weighted by Crippen LogP contribution is 2.36. The highest BCUT2D eigenvalue weighted by molar-refractivity contribution is 5.97. The number of fused-ring (bicyclic) bond motifs is 1. The topological polar surface area (TPSA) is 40.5 Å². The number of hydrogen-bond acceptors (Lipinski definition) is 3. The summed E-state index contributed by atoms with van der Waals surface area (Å²) in [5, 5.41) is 0.663. The number of halogens is 1. The van der Waals surface area contributed by atoms with E-state index in [1.165, 1.54) is 19.2 Å². The summed E-state index contributed by atoms with van der Waals surface area (Å²) in [6.07, 6.45) is 2.32. The van der Waals surface area contributed by atoms with Crippen molar-refractivity contribution in [2.45, 2.75) is 26.3 Å². The fraction of sp³-hybridized carbons (Fsp3) is 0.438. The van der Waals surface area contributed by atoms with Crippen molar-refractivity contribution in [3.63, 3.8) is 0 Å². The van der Waals surface area contributed by atoms with Crippen molar-refractivity contribution in [3.8, 4) is 5.75 Å². The molecule has 3 rings (SSSR count). The Morgan fingerprint density at radius 3 is 2.76 bits per heavy atom. The molecular weight excluding hydrogens is 273 g/mol. The fourth-order valence-corrected chi connectivity index (χ4v) is 2.62. The van der Waals surface area contributed by atoms with Crippen LogP contribution in [0, 0.1) is 11.7 Å². The van der Waals surface area contributed by atoms with E-state index in [9.17, 15) is 9.18 Å². The van der Waals surface area contributed by atoms with Crippen molar-refractivity contribution in [1.82, 2.24) is 4.57 Å². The van der Waals surface area contributed by atoms with Crippen molar-refractivity contribution in [2.24, 2.45) is 5.92 Å². The molecule has 1 aromatic heterocycles. The maximum atomic E-state index is 13.6. The SMILES string of the molecule is CCOC(=O)c1cc2cc(F)cc(OC)c2n1CC1CC1. The Morgan fingerprint density at radius 2 is 2.14 bits per heavy atom. The molecule has 4 nitrogen and oxygen atoms in total. The van der Waals surface area contributed by atoms with Gasteiger partial charge in [0.15, 0.2) is 0 Å². The van der Waals surface area contributed by atoms with Gasteiger partial charge in [-0.25, -0.2) is 9.18 Å². The summed E-state index contributed by atoms with van der Waals surface area (Å²) in [5.41, 5.74) is 1.22. The van der Waals surface area contributed by atoms with Gasteiger partial charge in [0.25, 0.3) is 0 Å². The number of carbonyl (C=O) groups is 1. The van der Waals surface area contributed by atoms with E-state index in [2.05, 4.69) is 0 Å². The van der Waals surface area contributed by atoms with E-state index in [-0.39, 0.29) is 11.8 Å². The Kier molecular flexibility index (Phi) is 3.57. The van der Waals surface area contributed by atoms with Gasteiger partial charge in [-0.3, -0.25) is 0 Å². The molecule has 0 aliphatic heterocycles. The molecule has 0 N–H and O–H groups in total. The number of nitrogens with zero attached hydrogens (tertiary/aromatic N) is 1. The van der Waals surface area contributed by atoms with Crippen molar-refractivity contribution in [2.75, 3.05) is 13.7 Å². The second-order valence-electron chi connectivity index (χ2n) is 5.35. The van der Waals surface area contributed by atoms with Crippen LogP contribution >= 0.6 is 0 Å². The first kappa shape index (κ1) is 13.9. The van der Waals surface area contributed by atoms with Crippen LogP contribution in [-0.4, -0.2) is 24.3 Å². The molecule has 112 valence electrons. The predicted octanol–water partition coefficient (Wildman–Crippen LogP) is 3.38. The Balaban J connectivity index is 2.18. The van der Waals surface area contributed by atoms with Crippen LogP contribution in [0.25, 0.3) is 10.9 Å². The minimum atomic E-state index is -0.378. The molecule has 0 saturated heterocycles. The maximum absolute atomic E-state index is 13.6. The molecule has 0 unspecified atom stereocenters. The lowest BCUT2D eigenvalue weighted by atomic mass is 10.2. The van der Waals surface area contributed by atoms with Gasteiger partial charge in [0.05, 0.1) is 19.2 Å². The second kappa shape index (κ2) is 5.39. The van der Waals surface area contributed by atoms with Crippen LogP contribution in [0.1, 0.15) is 30.3 Å². The highest BCUT2D eigenvalue weighted by atomic mass is 19.1. The van der Waals surface area contributed by atoms with Crippen LogP contribution in [-0.2, 0) is 11.3 Å². The first-order valence-electron chi connectivity index (χ1n) is 7.18. The molecule has 1 heterocycles. The minimum absolute atomic E-state index is 0.315. The van der Waals surface area contributed by atoms with Gasteiger partial charge < -0.3 is 14.0 Å². The third-order valence-electron chi connectivity index (χ3n) is 3.76. The Hall–Kier alpha value is -2.04. The van der Waals surface area contributed by atoms with Gasteiger partial charge in [0.2, 0.25) is 0 Å². The van der Waals surface area contributed by atoms with Crippen molar-refractivity contribution < 1.29 is 18.7 Å². The third kappa shape index (κ3) is 2.60. The molecule has 5 heteroatoms. The van der Waals surface area contributed by atoms with Gasteiger partial charge in [-0.1, -0.05) is 0 Å². The Bertz CT molecular complexity index is 688. The average Bonchev–Trinajstić information content (AvgIpc) is 3.19. The van der Waals surface area contributed by atoms with Crippen molar-refractivity contribution in [1.29, 1.82) is 0 Å². The highest BCUT2D eigenvalue weighted by Gasteiger charge is 2.27. The van der Waals surface area contributed by atoms with Gasteiger partial charge in [0, 0.05) is 18.0 Å². The second-order valence-corrected chi connectivity index (χ2v) is 5.35. The van der Waals surface area contributed by atoms with E-state index in [1.54, 1.807) is 13.0 Å². The zero-order valence-electron chi connectivity index (χ0n) is 12.2. The summed E-state index contributed by atoms with van der Waals surface area (Å²) in [5.74, 6) is 0.264. The van der Waals surface area contributed by atoms with Crippen molar-refractivity contribution >= 4 is 16.9 Å². The van der Waals surface area contributed by atoms with Gasteiger partial charge in [-0.2, -0.15) is 0 Å². The number of aromatic nitrogens is 1. The zero-order chi connectivity index (χ0) is 15.0. The van der Waals surface area contributed by atoms with Gasteiger partial charge in [0.1, 0.15) is 17.3 Å². The average molecular weight is 291 g/mol. The van der Waals surface area contributed by atoms with Gasteiger partial charge in [-0.15, -0.1) is 0 Å². The molecule has 0 amide bonds. The molecule has 0 radical (unpaired) electrons. The molecule has 1 fully saturated rings. The number of benzene rings is 1. The van der Waals surface area contributed by atoms with E-state index in [0.717, 1.165) is 24.9 Å². The quantitative estimate of drug-likeness (QED) is 0.793. The maximum Gasteiger partial charge on any atom is 0.354 e. The zero-order valence-corrected chi connectivity index (χ0v) is 12.2. The van der Waals surface area contributed by atoms with Crippen LogP contribution in [0.3, 0.4) is 0 Å². The lowest BCUT2D eigenvalue weighted by Gasteiger charge is -2.11. The summed E-state index contributed by atoms with van der Waals surface area (Å²) >= 11 is 0. The molecular formula is C16H18FNO3. The van der Waals surface area contributed by atoms with Crippen LogP contribution in [0.15, 0.2) is 18.2 Å². The number of esters is 1. The summed E-state index contributed by atoms with van der Waals surface area (Å²) < 4.78 is 26.0. The van der Waals surface area contributed by atoms with E-state index in [1.807, 2.05) is 4.57 Å². The normalized spacial score (nSPS) is 14.4. The van der Waals surface area contributed by atoms with E-state index >= 15 is 0 Å². The molecule has 1 aromatic carbocycles. The largest absolute Gasteiger partial charge is 0.494 e. The lowest BCUT2D eigenvalue weighted by molar-refractivity contribution is 0.0514. The first-order chi connectivity index (χ1) is 10.1. The van der Waals surface area contributed by atoms with Crippen LogP contribution < -0.4 is 4.74 Å². The molecule has 0 bridgehead atoms. The summed E-state index contributed by atoms with van der Waals surface area (Å²) in [6, 6.07) is 4.45. The number of methoxy groups -OCH3 is 1. The predicted molar refractivity (Wildman–Crippen MR) is 77.1 cm³/mol. The van der Waals surface area contributed by atoms with Crippen LogP contribution in [0.2, 0.25) is 0 Å². The summed E-state index contributed by atoms with van der Waals surface area (Å²) in [7, 11) is 1.51. The third-order valence-corrected chi connectivity index (χ3v) is 3.76. The van der Waals surface area contributed by atoms with Crippen LogP contribution in [0.4, 0.5) is 4.39 Å². The molecule has 1 saturated carbocycles. The molecule has 1 aliphatic rings. The minimum Gasteiger partial charge on any atom is -0.494 e. The number of hydrogen-bond donors (Lipinski definition) is 0. The van der Waals surface area contributed by atoms with E-state index < -0.39 is 0 Å². The Labute approximate surface area is 122 Å². The molecule has 2 aromatic rings. The van der Waals surface area contributed by atoms with E-state index in [4.69, 9.17) is 9.47 Å². The molecule has 0 atom stereocenters. The standard InChI is InChI=1S/C16H18FNO3/c1-3-21-16(19)13-7-11-6-12(17)8-14(20-2)15(11)18(13)9-10-4-5-10/h6-8,10H,3-5,9H2,1-2H3. The first-order valence-corrected chi connectivity index (χ1v) is 7.18. The monoisotopic (exact) mass is 291 g/mol. The fourth-order valence-electron chi connectivity index (χ4n) is 2.62. The number of rotatable bonds is 5. The summed E-state index contributed by atoms with van der Waals surface area (Å²) in [6.45, 7) is 2.82. The van der Waals surface area contributed by atoms with Gasteiger partial charge in [-0.05, 0) is 37.8 Å². The smallest absolute Gasteiger partial charge is 0.354 e. The lowest BCUT2D eigenvalue weighted by Crippen LogP contribution is -2.13. The molecule has 1 aliphatic carbocycles. The number of ether oxygens (including phenoxy) is 2. The van der Waals surface area contributed by atoms with E-state index in [0.29, 0.717) is 29.4 Å². The number of carbonyl (C=O) groups excluding carboxylic acids is 1. The summed E-state index contributed by atoms with van der Waals surface area (Å²) in [4.78, 5) is 12.1. The Morgan fingerprint density at radius 1 is 1.38 bits per heavy atom. The van der Waals surface area contributed by atoms with Gasteiger partial charge >= 0.3 is 5.97 Å². The molecule has 0 spiro atoms. The van der Waals surface area contributed by atoms with Crippen molar-refractivity contribution in [3.05, 3.63) is 29.7 Å². The van der Waals surface area contributed by atoms with Crippen LogP contribution in [0.5, 0.6) is 5.75 Å². The molecule has 21 heavy (non-hydrogen) atoms.